The summed E-state index contributed by atoms with van der Waals surface area (Å²) in [6, 6.07) is 7.65. The predicted octanol–water partition coefficient (Wildman–Crippen LogP) is 3.56. The number of benzene rings is 1. The van der Waals surface area contributed by atoms with Crippen LogP contribution < -0.4 is 5.32 Å². The summed E-state index contributed by atoms with van der Waals surface area (Å²) >= 11 is 1.57. The minimum absolute atomic E-state index is 0.000736. The van der Waals surface area contributed by atoms with Crippen molar-refractivity contribution >= 4 is 28.0 Å². The van der Waals surface area contributed by atoms with E-state index in [4.69, 9.17) is 0 Å². The van der Waals surface area contributed by atoms with Crippen LogP contribution >= 0.6 is 11.3 Å². The monoisotopic (exact) mass is 412 g/mol. The number of carbonyl (C=O) groups excluding carboxylic acids is 2. The average Bonchev–Trinajstić information content (AvgIpc) is 3.07. The van der Waals surface area contributed by atoms with Gasteiger partial charge < -0.3 is 10.4 Å². The number of piperidine rings is 1. The first-order chi connectivity index (χ1) is 14.0. The molecule has 1 aromatic heterocycles. The fourth-order valence-corrected chi connectivity index (χ4v) is 5.49. The van der Waals surface area contributed by atoms with Crippen molar-refractivity contribution < 1.29 is 14.7 Å². The van der Waals surface area contributed by atoms with Crippen LogP contribution in [0.1, 0.15) is 57.6 Å². The van der Waals surface area contributed by atoms with Crippen molar-refractivity contribution in [1.82, 2.24) is 4.90 Å². The van der Waals surface area contributed by atoms with Crippen LogP contribution in [0.25, 0.3) is 0 Å². The molecule has 1 saturated heterocycles. The Bertz CT molecular complexity index is 896. The second-order valence-corrected chi connectivity index (χ2v) is 9.27. The van der Waals surface area contributed by atoms with Crippen molar-refractivity contribution in [3.8, 4) is 0 Å². The number of thiophene rings is 1. The van der Waals surface area contributed by atoms with Gasteiger partial charge in [-0.15, -0.1) is 11.3 Å². The van der Waals surface area contributed by atoms with Gasteiger partial charge in [-0.2, -0.15) is 0 Å². The Morgan fingerprint density at radius 1 is 1.14 bits per heavy atom. The Kier molecular flexibility index (Phi) is 6.13. The number of ketones is 1. The molecule has 2 aromatic rings. The quantitative estimate of drug-likeness (QED) is 0.737. The zero-order chi connectivity index (χ0) is 20.4. The van der Waals surface area contributed by atoms with Crippen LogP contribution in [0.5, 0.6) is 0 Å². The number of nitrogens with zero attached hydrogens (tertiary/aromatic N) is 1. The number of aliphatic hydroxyl groups excluding tert-OH is 1. The van der Waals surface area contributed by atoms with Gasteiger partial charge >= 0.3 is 0 Å². The van der Waals surface area contributed by atoms with Crippen LogP contribution in [0.15, 0.2) is 24.3 Å². The molecule has 29 heavy (non-hydrogen) atoms. The molecule has 5 nitrogen and oxygen atoms in total. The van der Waals surface area contributed by atoms with Gasteiger partial charge in [-0.25, -0.2) is 0 Å². The third-order valence-electron chi connectivity index (χ3n) is 5.89. The fraction of sp³-hybridized carbons (Fsp3) is 0.478. The van der Waals surface area contributed by atoms with Gasteiger partial charge in [0.2, 0.25) is 5.91 Å². The van der Waals surface area contributed by atoms with E-state index < -0.39 is 0 Å². The summed E-state index contributed by atoms with van der Waals surface area (Å²) in [5, 5.41) is 13.4. The van der Waals surface area contributed by atoms with Crippen LogP contribution in [0.3, 0.4) is 0 Å². The maximum atomic E-state index is 13.3. The summed E-state index contributed by atoms with van der Waals surface area (Å²) in [5.41, 5.74) is 3.61. The van der Waals surface area contributed by atoms with Crippen LogP contribution in [0, 0.1) is 6.92 Å². The van der Waals surface area contributed by atoms with Crippen LogP contribution in [-0.2, 0) is 17.6 Å². The van der Waals surface area contributed by atoms with Gasteiger partial charge in [-0.3, -0.25) is 14.5 Å². The van der Waals surface area contributed by atoms with E-state index in [1.807, 2.05) is 31.2 Å². The third kappa shape index (κ3) is 4.60. The number of anilines is 1. The summed E-state index contributed by atoms with van der Waals surface area (Å²) in [7, 11) is 0. The zero-order valence-corrected chi connectivity index (χ0v) is 17.7. The smallest absolute Gasteiger partial charge is 0.239 e. The molecule has 4 rings (SSSR count). The van der Waals surface area contributed by atoms with E-state index in [2.05, 4.69) is 10.2 Å². The minimum Gasteiger partial charge on any atom is -0.393 e. The van der Waals surface area contributed by atoms with E-state index in [0.717, 1.165) is 49.9 Å². The van der Waals surface area contributed by atoms with Gasteiger partial charge in [0.25, 0.3) is 0 Å². The number of nitrogens with one attached hydrogen (secondary N) is 1. The van der Waals surface area contributed by atoms with Gasteiger partial charge in [-0.05, 0) is 51.0 Å². The Morgan fingerprint density at radius 3 is 2.55 bits per heavy atom. The SMILES string of the molecule is Cc1ccc(C(=O)c2c(NC(=O)CN3CCC(O)CC3)sc3c2CCCC3)cc1. The summed E-state index contributed by atoms with van der Waals surface area (Å²) < 4.78 is 0. The molecule has 0 spiro atoms. The second kappa shape index (κ2) is 8.78. The van der Waals surface area contributed by atoms with Gasteiger partial charge in [0.1, 0.15) is 5.00 Å². The molecule has 154 valence electrons. The molecule has 1 fully saturated rings. The third-order valence-corrected chi connectivity index (χ3v) is 7.10. The van der Waals surface area contributed by atoms with Gasteiger partial charge in [-0.1, -0.05) is 29.8 Å². The predicted molar refractivity (Wildman–Crippen MR) is 116 cm³/mol. The molecule has 0 bridgehead atoms. The molecule has 1 amide bonds. The fourth-order valence-electron chi connectivity index (χ4n) is 4.19. The zero-order valence-electron chi connectivity index (χ0n) is 16.9. The largest absolute Gasteiger partial charge is 0.393 e. The van der Waals surface area contributed by atoms with Crippen LogP contribution in [0.2, 0.25) is 0 Å². The molecular weight excluding hydrogens is 384 g/mol. The van der Waals surface area contributed by atoms with E-state index in [1.54, 1.807) is 11.3 Å². The van der Waals surface area contributed by atoms with Crippen LogP contribution in [-0.4, -0.2) is 47.4 Å². The first-order valence-corrected chi connectivity index (χ1v) is 11.3. The minimum atomic E-state index is -0.253. The van der Waals surface area contributed by atoms with Crippen molar-refractivity contribution in [2.24, 2.45) is 0 Å². The number of aryl methyl sites for hydroxylation is 2. The number of amides is 1. The van der Waals surface area contributed by atoms with Crippen LogP contribution in [0.4, 0.5) is 5.00 Å². The summed E-state index contributed by atoms with van der Waals surface area (Å²) in [4.78, 5) is 29.4. The highest BCUT2D eigenvalue weighted by atomic mass is 32.1. The number of aliphatic hydroxyl groups is 1. The van der Waals surface area contributed by atoms with Crippen molar-refractivity contribution in [2.75, 3.05) is 25.0 Å². The molecular formula is C23H28N2O3S. The highest BCUT2D eigenvalue weighted by Gasteiger charge is 2.27. The molecule has 2 heterocycles. The van der Waals surface area contributed by atoms with E-state index in [9.17, 15) is 14.7 Å². The van der Waals surface area contributed by atoms with Gasteiger partial charge in [0.05, 0.1) is 18.2 Å². The Labute approximate surface area is 175 Å². The molecule has 6 heteroatoms. The van der Waals surface area contributed by atoms with Gasteiger partial charge in [0, 0.05) is 23.5 Å². The molecule has 1 aliphatic carbocycles. The summed E-state index contributed by atoms with van der Waals surface area (Å²) in [6.07, 6.45) is 5.26. The van der Waals surface area contributed by atoms with Crippen molar-refractivity contribution in [3.63, 3.8) is 0 Å². The number of carbonyl (C=O) groups is 2. The Morgan fingerprint density at radius 2 is 1.83 bits per heavy atom. The molecule has 0 saturated carbocycles. The molecule has 1 aliphatic heterocycles. The number of hydrogen-bond acceptors (Lipinski definition) is 5. The number of fused-ring (bicyclic) bond motifs is 1. The Hall–Kier alpha value is -2.02. The molecule has 2 N–H and O–H groups in total. The summed E-state index contributed by atoms with van der Waals surface area (Å²) in [6.45, 7) is 3.76. The maximum absolute atomic E-state index is 13.3. The van der Waals surface area contributed by atoms with E-state index in [-0.39, 0.29) is 17.8 Å². The van der Waals surface area contributed by atoms with Crippen molar-refractivity contribution in [1.29, 1.82) is 0 Å². The maximum Gasteiger partial charge on any atom is 0.239 e. The lowest BCUT2D eigenvalue weighted by Crippen LogP contribution is -2.40. The number of hydrogen-bond donors (Lipinski definition) is 2. The second-order valence-electron chi connectivity index (χ2n) is 8.17. The molecule has 2 aliphatic rings. The lowest BCUT2D eigenvalue weighted by atomic mass is 9.91. The summed E-state index contributed by atoms with van der Waals surface area (Å²) in [5.74, 6) is -0.0845. The first-order valence-electron chi connectivity index (χ1n) is 10.5. The highest BCUT2D eigenvalue weighted by Crippen LogP contribution is 2.39. The average molecular weight is 413 g/mol. The number of likely N-dealkylation sites (tertiary alicyclic amines) is 1. The van der Waals surface area contributed by atoms with Crippen molar-refractivity contribution in [3.05, 3.63) is 51.4 Å². The lowest BCUT2D eigenvalue weighted by Gasteiger charge is -2.28. The van der Waals surface area contributed by atoms with E-state index in [0.29, 0.717) is 35.5 Å². The lowest BCUT2D eigenvalue weighted by molar-refractivity contribution is -0.117. The molecule has 1 aromatic carbocycles. The van der Waals surface area contributed by atoms with E-state index >= 15 is 0 Å². The molecule has 0 radical (unpaired) electrons. The normalized spacial score (nSPS) is 17.7. The Balaban J connectivity index is 1.56. The van der Waals surface area contributed by atoms with Gasteiger partial charge in [0.15, 0.2) is 5.78 Å². The standard InChI is InChI=1S/C23H28N2O3S/c1-15-6-8-16(9-7-15)22(28)21-18-4-2-3-5-19(18)29-23(21)24-20(27)14-25-12-10-17(26)11-13-25/h6-9,17,26H,2-5,10-14H2,1H3,(H,24,27). The molecule has 0 atom stereocenters. The number of rotatable bonds is 5. The topological polar surface area (TPSA) is 69.6 Å². The highest BCUT2D eigenvalue weighted by molar-refractivity contribution is 7.17. The molecule has 0 unspecified atom stereocenters. The van der Waals surface area contributed by atoms with Crippen molar-refractivity contribution in [2.45, 2.75) is 51.6 Å². The first kappa shape index (κ1) is 20.3. The van der Waals surface area contributed by atoms with E-state index in [1.165, 1.54) is 4.88 Å².